The Morgan fingerprint density at radius 3 is 2.33 bits per heavy atom. The van der Waals surface area contributed by atoms with Gasteiger partial charge < -0.3 is 5.11 Å². The third-order valence-corrected chi connectivity index (χ3v) is 3.30. The molecule has 0 aliphatic heterocycles. The van der Waals surface area contributed by atoms with Gasteiger partial charge in [0.05, 0.1) is 0 Å². The lowest BCUT2D eigenvalue weighted by molar-refractivity contribution is -0.145. The zero-order valence-corrected chi connectivity index (χ0v) is 11.8. The van der Waals surface area contributed by atoms with E-state index in [1.165, 1.54) is 0 Å². The number of hydrogen-bond acceptors (Lipinski definition) is 2. The number of rotatable bonds is 6. The van der Waals surface area contributed by atoms with Gasteiger partial charge in [0, 0.05) is 5.02 Å². The molecule has 1 atom stereocenters. The van der Waals surface area contributed by atoms with Crippen molar-refractivity contribution in [2.45, 2.75) is 32.7 Å². The van der Waals surface area contributed by atoms with Gasteiger partial charge in [0.25, 0.3) is 0 Å². The van der Waals surface area contributed by atoms with E-state index in [4.69, 9.17) is 11.6 Å². The summed E-state index contributed by atoms with van der Waals surface area (Å²) >= 11 is 5.84. The molecule has 1 rings (SSSR count). The number of nitrogens with one attached hydrogen (secondary N) is 1. The van der Waals surface area contributed by atoms with Crippen molar-refractivity contribution in [1.29, 1.82) is 0 Å². The molecular weight excluding hydrogens is 250 g/mol. The van der Waals surface area contributed by atoms with Crippen LogP contribution < -0.4 is 5.32 Å². The maximum absolute atomic E-state index is 11.7. The molecule has 0 aliphatic rings. The van der Waals surface area contributed by atoms with Crippen molar-refractivity contribution in [1.82, 2.24) is 5.32 Å². The highest BCUT2D eigenvalue weighted by Gasteiger charge is 2.38. The average molecular weight is 270 g/mol. The summed E-state index contributed by atoms with van der Waals surface area (Å²) in [5.74, 6) is -0.462. The van der Waals surface area contributed by atoms with Crippen LogP contribution in [0.25, 0.3) is 0 Å². The van der Waals surface area contributed by atoms with Crippen molar-refractivity contribution in [3.8, 4) is 0 Å². The van der Waals surface area contributed by atoms with Crippen molar-refractivity contribution in [2.24, 2.45) is 5.92 Å². The van der Waals surface area contributed by atoms with Gasteiger partial charge in [-0.25, -0.2) is 4.79 Å². The van der Waals surface area contributed by atoms with Crippen molar-refractivity contribution in [3.05, 3.63) is 34.9 Å². The van der Waals surface area contributed by atoms with Gasteiger partial charge in [-0.15, -0.1) is 0 Å². The summed E-state index contributed by atoms with van der Waals surface area (Å²) in [6, 6.07) is 6.99. The quantitative estimate of drug-likeness (QED) is 0.833. The molecule has 0 saturated carbocycles. The zero-order chi connectivity index (χ0) is 13.8. The van der Waals surface area contributed by atoms with Gasteiger partial charge in [-0.3, -0.25) is 5.32 Å². The Morgan fingerprint density at radius 2 is 1.94 bits per heavy atom. The van der Waals surface area contributed by atoms with E-state index in [1.54, 1.807) is 24.3 Å². The summed E-state index contributed by atoms with van der Waals surface area (Å²) in [4.78, 5) is 11.7. The molecule has 2 N–H and O–H groups in total. The van der Waals surface area contributed by atoms with Crippen LogP contribution in [-0.2, 0) is 10.3 Å². The minimum atomic E-state index is -1.03. The molecule has 1 unspecified atom stereocenters. The van der Waals surface area contributed by atoms with Gasteiger partial charge in [-0.1, -0.05) is 44.5 Å². The van der Waals surface area contributed by atoms with Crippen molar-refractivity contribution in [2.75, 3.05) is 6.54 Å². The highest BCUT2D eigenvalue weighted by Crippen LogP contribution is 2.27. The zero-order valence-electron chi connectivity index (χ0n) is 11.0. The maximum atomic E-state index is 11.7. The van der Waals surface area contributed by atoms with Gasteiger partial charge in [0.15, 0.2) is 0 Å². The Hall–Kier alpha value is -1.06. The molecule has 0 aliphatic carbocycles. The third-order valence-electron chi connectivity index (χ3n) is 3.04. The Kier molecular flexibility index (Phi) is 5.17. The molecule has 1 aromatic rings. The summed E-state index contributed by atoms with van der Waals surface area (Å²) in [5.41, 5.74) is -0.294. The van der Waals surface area contributed by atoms with Crippen LogP contribution in [0.4, 0.5) is 0 Å². The summed E-state index contributed by atoms with van der Waals surface area (Å²) in [5, 5.41) is 13.3. The summed E-state index contributed by atoms with van der Waals surface area (Å²) in [6.45, 7) is 6.63. The topological polar surface area (TPSA) is 49.3 Å². The van der Waals surface area contributed by atoms with E-state index in [2.05, 4.69) is 19.2 Å². The van der Waals surface area contributed by atoms with Crippen LogP contribution in [0.3, 0.4) is 0 Å². The molecule has 1 aromatic carbocycles. The number of halogens is 1. The lowest BCUT2D eigenvalue weighted by Gasteiger charge is -2.31. The summed E-state index contributed by atoms with van der Waals surface area (Å²) in [7, 11) is 0. The highest BCUT2D eigenvalue weighted by molar-refractivity contribution is 6.30. The largest absolute Gasteiger partial charge is 0.480 e. The Labute approximate surface area is 113 Å². The van der Waals surface area contributed by atoms with E-state index in [9.17, 15) is 9.90 Å². The molecule has 0 fully saturated rings. The molecular formula is C14H20ClNO2. The monoisotopic (exact) mass is 269 g/mol. The average Bonchev–Trinajstić information content (AvgIpc) is 2.31. The van der Waals surface area contributed by atoms with E-state index >= 15 is 0 Å². The molecule has 18 heavy (non-hydrogen) atoms. The molecule has 0 heterocycles. The van der Waals surface area contributed by atoms with Crippen LogP contribution in [0.5, 0.6) is 0 Å². The van der Waals surface area contributed by atoms with Crippen LogP contribution in [0.15, 0.2) is 24.3 Å². The molecule has 4 heteroatoms. The Morgan fingerprint density at radius 1 is 1.39 bits per heavy atom. The fraction of sp³-hybridized carbons (Fsp3) is 0.500. The first-order valence-electron chi connectivity index (χ1n) is 6.17. The number of benzene rings is 1. The number of hydrogen-bond donors (Lipinski definition) is 2. The summed E-state index contributed by atoms with van der Waals surface area (Å²) in [6.07, 6.45) is 0.483. The van der Waals surface area contributed by atoms with E-state index in [0.717, 1.165) is 5.56 Å². The lowest BCUT2D eigenvalue weighted by atomic mass is 9.87. The van der Waals surface area contributed by atoms with E-state index in [-0.39, 0.29) is 0 Å². The predicted molar refractivity (Wildman–Crippen MR) is 73.9 cm³/mol. The molecule has 0 saturated heterocycles. The summed E-state index contributed by atoms with van der Waals surface area (Å²) < 4.78 is 0. The molecule has 0 aromatic heterocycles. The number of carbonyl (C=O) groups is 1. The fourth-order valence-corrected chi connectivity index (χ4v) is 2.02. The van der Waals surface area contributed by atoms with Crippen LogP contribution >= 0.6 is 11.6 Å². The fourth-order valence-electron chi connectivity index (χ4n) is 1.89. The first-order valence-corrected chi connectivity index (χ1v) is 6.54. The van der Waals surface area contributed by atoms with Crippen molar-refractivity contribution >= 4 is 17.6 Å². The first kappa shape index (κ1) is 15.0. The minimum absolute atomic E-state index is 0.391. The van der Waals surface area contributed by atoms with Crippen LogP contribution in [0, 0.1) is 5.92 Å². The van der Waals surface area contributed by atoms with Gasteiger partial charge in [0.2, 0.25) is 0 Å². The minimum Gasteiger partial charge on any atom is -0.480 e. The predicted octanol–water partition coefficient (Wildman–Crippen LogP) is 3.28. The maximum Gasteiger partial charge on any atom is 0.328 e. The lowest BCUT2D eigenvalue weighted by Crippen LogP contribution is -2.50. The van der Waals surface area contributed by atoms with Gasteiger partial charge >= 0.3 is 5.97 Å². The number of aliphatic carboxylic acids is 1. The van der Waals surface area contributed by atoms with E-state index in [0.29, 0.717) is 23.9 Å². The smallest absolute Gasteiger partial charge is 0.328 e. The molecule has 100 valence electrons. The number of carboxylic acids is 1. The Bertz CT molecular complexity index is 403. The Balaban J connectivity index is 3.10. The van der Waals surface area contributed by atoms with Gasteiger partial charge in [-0.05, 0) is 36.6 Å². The standard InChI is InChI=1S/C14H20ClNO2/c1-4-14(13(17)18,16-9-10(2)3)11-5-7-12(15)8-6-11/h5-8,10,16H,4,9H2,1-3H3,(H,17,18). The normalized spacial score (nSPS) is 14.5. The van der Waals surface area contributed by atoms with Crippen LogP contribution in [-0.4, -0.2) is 17.6 Å². The molecule has 0 radical (unpaired) electrons. The highest BCUT2D eigenvalue weighted by atomic mass is 35.5. The van der Waals surface area contributed by atoms with E-state index in [1.807, 2.05) is 6.92 Å². The molecule has 0 amide bonds. The second-order valence-electron chi connectivity index (χ2n) is 4.85. The molecule has 0 bridgehead atoms. The van der Waals surface area contributed by atoms with Crippen molar-refractivity contribution in [3.63, 3.8) is 0 Å². The third kappa shape index (κ3) is 3.24. The second kappa shape index (κ2) is 6.21. The molecule has 3 nitrogen and oxygen atoms in total. The molecule has 0 spiro atoms. The van der Waals surface area contributed by atoms with Crippen molar-refractivity contribution < 1.29 is 9.90 Å². The van der Waals surface area contributed by atoms with Gasteiger partial charge in [-0.2, -0.15) is 0 Å². The first-order chi connectivity index (χ1) is 8.42. The SMILES string of the molecule is CCC(NCC(C)C)(C(=O)O)c1ccc(Cl)cc1. The van der Waals surface area contributed by atoms with Crippen LogP contribution in [0.2, 0.25) is 5.02 Å². The van der Waals surface area contributed by atoms with Crippen LogP contribution in [0.1, 0.15) is 32.8 Å². The van der Waals surface area contributed by atoms with E-state index < -0.39 is 11.5 Å². The second-order valence-corrected chi connectivity index (χ2v) is 5.28. The van der Waals surface area contributed by atoms with Gasteiger partial charge in [0.1, 0.15) is 5.54 Å². The number of carboxylic acid groups (broad SMARTS) is 1.